The number of nitrogens with zero attached hydrogens (tertiary/aromatic N) is 1. The summed E-state index contributed by atoms with van der Waals surface area (Å²) in [6.45, 7) is 5.35. The first-order valence-corrected chi connectivity index (χ1v) is 7.94. The number of para-hydroxylation sites is 1. The van der Waals surface area contributed by atoms with Crippen LogP contribution in [0, 0.1) is 6.92 Å². The van der Waals surface area contributed by atoms with Gasteiger partial charge in [-0.2, -0.15) is 5.10 Å². The van der Waals surface area contributed by atoms with Gasteiger partial charge in [0.25, 0.3) is 0 Å². The Labute approximate surface area is 142 Å². The largest absolute Gasteiger partial charge is 0.488 e. The van der Waals surface area contributed by atoms with Gasteiger partial charge in [0.05, 0.1) is 6.21 Å². The van der Waals surface area contributed by atoms with Crippen molar-refractivity contribution in [1.29, 1.82) is 0 Å². The molecular formula is C18H21N3OS. The summed E-state index contributed by atoms with van der Waals surface area (Å²) in [6.07, 6.45) is 1.71. The number of hydrazone groups is 1. The van der Waals surface area contributed by atoms with Crippen molar-refractivity contribution < 1.29 is 4.74 Å². The van der Waals surface area contributed by atoms with Crippen molar-refractivity contribution in [2.24, 2.45) is 5.10 Å². The van der Waals surface area contributed by atoms with E-state index in [1.807, 2.05) is 43.3 Å². The lowest BCUT2D eigenvalue weighted by Crippen LogP contribution is -2.31. The number of thiocarbonyl (C=S) groups is 1. The first kappa shape index (κ1) is 17.0. The standard InChI is InChI=1S/C18H21N3OS/c1-3-19-18(23)21-20-12-15-9-6-7-11-17(15)22-13-16-10-5-4-8-14(16)2/h4-12H,3,13H2,1-2H3,(H2,19,21,23). The van der Waals surface area contributed by atoms with Gasteiger partial charge in [-0.1, -0.05) is 36.4 Å². The zero-order valence-electron chi connectivity index (χ0n) is 13.4. The van der Waals surface area contributed by atoms with E-state index in [1.54, 1.807) is 6.21 Å². The quantitative estimate of drug-likeness (QED) is 0.485. The lowest BCUT2D eigenvalue weighted by atomic mass is 10.1. The van der Waals surface area contributed by atoms with E-state index in [9.17, 15) is 0 Å². The smallest absolute Gasteiger partial charge is 0.186 e. The molecule has 0 fully saturated rings. The molecule has 0 unspecified atom stereocenters. The van der Waals surface area contributed by atoms with Crippen LogP contribution >= 0.6 is 12.2 Å². The Morgan fingerprint density at radius 1 is 1.17 bits per heavy atom. The van der Waals surface area contributed by atoms with Gasteiger partial charge in [0.1, 0.15) is 12.4 Å². The summed E-state index contributed by atoms with van der Waals surface area (Å²) < 4.78 is 5.94. The Morgan fingerprint density at radius 3 is 2.70 bits per heavy atom. The molecule has 2 rings (SSSR count). The van der Waals surface area contributed by atoms with Crippen LogP contribution in [0.1, 0.15) is 23.6 Å². The topological polar surface area (TPSA) is 45.7 Å². The van der Waals surface area contributed by atoms with E-state index in [0.717, 1.165) is 17.9 Å². The van der Waals surface area contributed by atoms with Gasteiger partial charge in [0.2, 0.25) is 0 Å². The number of benzene rings is 2. The Kier molecular flexibility index (Phi) is 6.56. The normalized spacial score (nSPS) is 10.5. The van der Waals surface area contributed by atoms with Gasteiger partial charge in [-0.05, 0) is 49.3 Å². The van der Waals surface area contributed by atoms with Crippen LogP contribution in [0.5, 0.6) is 5.75 Å². The van der Waals surface area contributed by atoms with E-state index >= 15 is 0 Å². The Balaban J connectivity index is 2.01. The zero-order chi connectivity index (χ0) is 16.5. The Hall–Kier alpha value is -2.40. The molecule has 0 radical (unpaired) electrons. The maximum Gasteiger partial charge on any atom is 0.186 e. The third kappa shape index (κ3) is 5.38. The van der Waals surface area contributed by atoms with Crippen LogP contribution in [0.15, 0.2) is 53.6 Å². The minimum atomic E-state index is 0.502. The Morgan fingerprint density at radius 2 is 1.91 bits per heavy atom. The summed E-state index contributed by atoms with van der Waals surface area (Å²) in [5.41, 5.74) is 6.06. The lowest BCUT2D eigenvalue weighted by molar-refractivity contribution is 0.305. The molecule has 0 aliphatic rings. The van der Waals surface area contributed by atoms with Crippen LogP contribution in [0.2, 0.25) is 0 Å². The molecule has 4 nitrogen and oxygen atoms in total. The fourth-order valence-corrected chi connectivity index (χ4v) is 2.20. The van der Waals surface area contributed by atoms with Crippen molar-refractivity contribution in [3.05, 3.63) is 65.2 Å². The highest BCUT2D eigenvalue weighted by molar-refractivity contribution is 7.80. The summed E-state index contributed by atoms with van der Waals surface area (Å²) in [5, 5.41) is 7.61. The number of ether oxygens (including phenoxy) is 1. The van der Waals surface area contributed by atoms with Gasteiger partial charge in [-0.25, -0.2) is 0 Å². The van der Waals surface area contributed by atoms with Crippen molar-refractivity contribution in [2.45, 2.75) is 20.5 Å². The third-order valence-corrected chi connectivity index (χ3v) is 3.51. The molecule has 2 aromatic carbocycles. The Bertz CT molecular complexity index is 685. The summed E-state index contributed by atoms with van der Waals surface area (Å²) in [6, 6.07) is 16.0. The van der Waals surface area contributed by atoms with Crippen LogP contribution in [0.25, 0.3) is 0 Å². The molecule has 0 aliphatic carbocycles. The molecule has 0 spiro atoms. The van der Waals surface area contributed by atoms with E-state index in [2.05, 4.69) is 34.9 Å². The predicted octanol–water partition coefficient (Wildman–Crippen LogP) is 3.39. The highest BCUT2D eigenvalue weighted by atomic mass is 32.1. The fourth-order valence-electron chi connectivity index (χ4n) is 2.01. The van der Waals surface area contributed by atoms with E-state index < -0.39 is 0 Å². The molecule has 23 heavy (non-hydrogen) atoms. The van der Waals surface area contributed by atoms with Gasteiger partial charge in [0, 0.05) is 12.1 Å². The lowest BCUT2D eigenvalue weighted by Gasteiger charge is -2.10. The van der Waals surface area contributed by atoms with Crippen LogP contribution in [-0.4, -0.2) is 17.9 Å². The first-order valence-electron chi connectivity index (χ1n) is 7.54. The van der Waals surface area contributed by atoms with E-state index in [0.29, 0.717) is 11.7 Å². The molecule has 2 N–H and O–H groups in total. The maximum absolute atomic E-state index is 5.94. The zero-order valence-corrected chi connectivity index (χ0v) is 14.2. The number of hydrogen-bond donors (Lipinski definition) is 2. The highest BCUT2D eigenvalue weighted by Crippen LogP contribution is 2.18. The molecular weight excluding hydrogens is 306 g/mol. The van der Waals surface area contributed by atoms with Crippen molar-refractivity contribution in [3.63, 3.8) is 0 Å². The van der Waals surface area contributed by atoms with Crippen LogP contribution in [0.4, 0.5) is 0 Å². The molecule has 0 saturated carbocycles. The van der Waals surface area contributed by atoms with Gasteiger partial charge >= 0.3 is 0 Å². The number of aryl methyl sites for hydroxylation is 1. The first-order chi connectivity index (χ1) is 11.2. The predicted molar refractivity (Wildman–Crippen MR) is 99.0 cm³/mol. The SMILES string of the molecule is CCNC(=S)NN=Cc1ccccc1OCc1ccccc1C. The second-order valence-corrected chi connectivity index (χ2v) is 5.39. The molecule has 0 saturated heterocycles. The molecule has 120 valence electrons. The van der Waals surface area contributed by atoms with E-state index in [-0.39, 0.29) is 0 Å². The minimum Gasteiger partial charge on any atom is -0.488 e. The van der Waals surface area contributed by atoms with Gasteiger partial charge in [-0.15, -0.1) is 0 Å². The number of hydrogen-bond acceptors (Lipinski definition) is 3. The van der Waals surface area contributed by atoms with Gasteiger partial charge in [0.15, 0.2) is 5.11 Å². The van der Waals surface area contributed by atoms with Crippen LogP contribution in [-0.2, 0) is 6.61 Å². The average molecular weight is 327 g/mol. The van der Waals surface area contributed by atoms with E-state index in [4.69, 9.17) is 17.0 Å². The van der Waals surface area contributed by atoms with Gasteiger partial charge in [-0.3, -0.25) is 5.43 Å². The average Bonchev–Trinajstić information content (AvgIpc) is 2.55. The second kappa shape index (κ2) is 8.90. The summed E-state index contributed by atoms with van der Waals surface area (Å²) in [7, 11) is 0. The monoisotopic (exact) mass is 327 g/mol. The van der Waals surface area contributed by atoms with Gasteiger partial charge < -0.3 is 10.1 Å². The van der Waals surface area contributed by atoms with Crippen molar-refractivity contribution >= 4 is 23.5 Å². The summed E-state index contributed by atoms with van der Waals surface area (Å²) >= 11 is 5.06. The molecule has 0 bridgehead atoms. The van der Waals surface area contributed by atoms with E-state index in [1.165, 1.54) is 11.1 Å². The van der Waals surface area contributed by atoms with Crippen LogP contribution in [0.3, 0.4) is 0 Å². The third-order valence-electron chi connectivity index (χ3n) is 3.27. The molecule has 0 aliphatic heterocycles. The molecule has 2 aromatic rings. The molecule has 0 aromatic heterocycles. The fraction of sp³-hybridized carbons (Fsp3) is 0.222. The molecule has 5 heteroatoms. The van der Waals surface area contributed by atoms with Crippen LogP contribution < -0.4 is 15.5 Å². The molecule has 0 heterocycles. The van der Waals surface area contributed by atoms with Crippen molar-refractivity contribution in [3.8, 4) is 5.75 Å². The minimum absolute atomic E-state index is 0.502. The second-order valence-electron chi connectivity index (χ2n) is 4.98. The number of nitrogens with one attached hydrogen (secondary N) is 2. The molecule has 0 amide bonds. The van der Waals surface area contributed by atoms with Crippen molar-refractivity contribution in [1.82, 2.24) is 10.7 Å². The summed E-state index contributed by atoms with van der Waals surface area (Å²) in [4.78, 5) is 0. The maximum atomic E-state index is 5.94. The summed E-state index contributed by atoms with van der Waals surface area (Å²) in [5.74, 6) is 0.788. The molecule has 0 atom stereocenters. The number of rotatable bonds is 6. The van der Waals surface area contributed by atoms with Crippen molar-refractivity contribution in [2.75, 3.05) is 6.54 Å². The highest BCUT2D eigenvalue weighted by Gasteiger charge is 2.03.